The lowest BCUT2D eigenvalue weighted by Crippen LogP contribution is -2.06. The lowest BCUT2D eigenvalue weighted by molar-refractivity contribution is 0.0528. The van der Waals surface area contributed by atoms with Gasteiger partial charge in [-0.1, -0.05) is 30.3 Å². The van der Waals surface area contributed by atoms with Gasteiger partial charge >= 0.3 is 5.97 Å². The maximum atomic E-state index is 11.8. The minimum atomic E-state index is -0.285. The van der Waals surface area contributed by atoms with Crippen molar-refractivity contribution < 1.29 is 9.53 Å². The molecule has 0 unspecified atom stereocenters. The van der Waals surface area contributed by atoms with E-state index in [1.54, 1.807) is 13.0 Å². The second-order valence-electron chi connectivity index (χ2n) is 3.74. The van der Waals surface area contributed by atoms with Gasteiger partial charge in [0, 0.05) is 6.54 Å². The molecule has 3 nitrogen and oxygen atoms in total. The Balaban J connectivity index is 2.62. The summed E-state index contributed by atoms with van der Waals surface area (Å²) in [5.74, 6) is -0.285. The summed E-state index contributed by atoms with van der Waals surface area (Å²) in [6, 6.07) is 11.4. The van der Waals surface area contributed by atoms with E-state index in [9.17, 15) is 4.79 Å². The third kappa shape index (κ3) is 2.15. The van der Waals surface area contributed by atoms with Crippen LogP contribution in [-0.4, -0.2) is 12.6 Å². The number of carbonyl (C=O) groups excluding carboxylic acids is 1. The van der Waals surface area contributed by atoms with Crippen molar-refractivity contribution in [1.82, 2.24) is 0 Å². The zero-order chi connectivity index (χ0) is 12.3. The molecule has 0 spiro atoms. The molecule has 2 rings (SSSR count). The van der Waals surface area contributed by atoms with E-state index in [0.29, 0.717) is 18.7 Å². The van der Waals surface area contributed by atoms with Gasteiger partial charge in [-0.3, -0.25) is 0 Å². The van der Waals surface area contributed by atoms with Gasteiger partial charge in [-0.2, -0.15) is 0 Å². The van der Waals surface area contributed by atoms with Crippen molar-refractivity contribution in [2.45, 2.75) is 13.5 Å². The lowest BCUT2D eigenvalue weighted by atomic mass is 10.0. The Hall–Kier alpha value is -1.87. The smallest absolute Gasteiger partial charge is 0.338 e. The highest BCUT2D eigenvalue weighted by atomic mass is 16.5. The Morgan fingerprint density at radius 2 is 1.88 bits per heavy atom. The molecule has 0 radical (unpaired) electrons. The van der Waals surface area contributed by atoms with E-state index in [-0.39, 0.29) is 5.97 Å². The Kier molecular flexibility index (Phi) is 3.40. The molecule has 0 atom stereocenters. The van der Waals surface area contributed by atoms with Crippen LogP contribution in [0.15, 0.2) is 36.4 Å². The first-order valence-corrected chi connectivity index (χ1v) is 5.65. The average Bonchev–Trinajstić information content (AvgIpc) is 2.37. The summed E-state index contributed by atoms with van der Waals surface area (Å²) in [6.45, 7) is 2.64. The molecule has 0 fully saturated rings. The monoisotopic (exact) mass is 229 g/mol. The molecule has 0 amide bonds. The zero-order valence-corrected chi connectivity index (χ0v) is 9.77. The van der Waals surface area contributed by atoms with Crippen molar-refractivity contribution >= 4 is 16.7 Å². The number of esters is 1. The number of carbonyl (C=O) groups is 1. The Labute approximate surface area is 100 Å². The van der Waals surface area contributed by atoms with Gasteiger partial charge in [0.1, 0.15) is 0 Å². The first kappa shape index (κ1) is 11.6. The van der Waals surface area contributed by atoms with Crippen LogP contribution in [0.3, 0.4) is 0 Å². The largest absolute Gasteiger partial charge is 0.462 e. The van der Waals surface area contributed by atoms with Crippen LogP contribution in [0.1, 0.15) is 22.8 Å². The summed E-state index contributed by atoms with van der Waals surface area (Å²) in [6.07, 6.45) is 0. The number of rotatable bonds is 3. The van der Waals surface area contributed by atoms with Gasteiger partial charge in [0.05, 0.1) is 12.2 Å². The van der Waals surface area contributed by atoms with E-state index in [1.165, 1.54) is 0 Å². The first-order valence-electron chi connectivity index (χ1n) is 5.65. The molecule has 0 aliphatic carbocycles. The summed E-state index contributed by atoms with van der Waals surface area (Å²) in [5.41, 5.74) is 7.32. The average molecular weight is 229 g/mol. The Morgan fingerprint density at radius 3 is 2.59 bits per heavy atom. The van der Waals surface area contributed by atoms with Crippen LogP contribution in [0.25, 0.3) is 10.8 Å². The summed E-state index contributed by atoms with van der Waals surface area (Å²) >= 11 is 0. The number of hydrogen-bond acceptors (Lipinski definition) is 3. The third-order valence-electron chi connectivity index (χ3n) is 2.73. The first-order chi connectivity index (χ1) is 8.27. The van der Waals surface area contributed by atoms with Crippen molar-refractivity contribution in [3.8, 4) is 0 Å². The lowest BCUT2D eigenvalue weighted by Gasteiger charge is -2.08. The molecule has 0 aromatic heterocycles. The van der Waals surface area contributed by atoms with Crippen LogP contribution < -0.4 is 5.73 Å². The highest BCUT2D eigenvalue weighted by Gasteiger charge is 2.11. The van der Waals surface area contributed by atoms with Crippen LogP contribution in [0, 0.1) is 0 Å². The van der Waals surface area contributed by atoms with Crippen LogP contribution in [0.5, 0.6) is 0 Å². The van der Waals surface area contributed by atoms with Gasteiger partial charge in [-0.05, 0) is 29.3 Å². The van der Waals surface area contributed by atoms with E-state index in [0.717, 1.165) is 16.3 Å². The minimum Gasteiger partial charge on any atom is -0.462 e. The number of nitrogens with two attached hydrogens (primary N) is 1. The molecule has 2 N–H and O–H groups in total. The summed E-state index contributed by atoms with van der Waals surface area (Å²) in [7, 11) is 0. The fraction of sp³-hybridized carbons (Fsp3) is 0.214. The van der Waals surface area contributed by atoms with Gasteiger partial charge < -0.3 is 10.5 Å². The molecule has 0 aliphatic heterocycles. The molecular formula is C14H15NO2. The molecule has 0 saturated heterocycles. The zero-order valence-electron chi connectivity index (χ0n) is 9.77. The maximum Gasteiger partial charge on any atom is 0.338 e. The fourth-order valence-electron chi connectivity index (χ4n) is 1.94. The summed E-state index contributed by atoms with van der Waals surface area (Å²) in [5, 5.41) is 1.91. The topological polar surface area (TPSA) is 52.3 Å². The second-order valence-corrected chi connectivity index (χ2v) is 3.74. The Morgan fingerprint density at radius 1 is 1.18 bits per heavy atom. The predicted octanol–water partition coefficient (Wildman–Crippen LogP) is 2.48. The molecule has 2 aromatic rings. The number of fused-ring (bicyclic) bond motifs is 1. The van der Waals surface area contributed by atoms with Gasteiger partial charge in [-0.15, -0.1) is 0 Å². The summed E-state index contributed by atoms with van der Waals surface area (Å²) in [4.78, 5) is 11.8. The van der Waals surface area contributed by atoms with Crippen molar-refractivity contribution in [2.75, 3.05) is 6.61 Å². The number of benzene rings is 2. The van der Waals surface area contributed by atoms with Gasteiger partial charge in [0.25, 0.3) is 0 Å². The molecule has 0 heterocycles. The van der Waals surface area contributed by atoms with Crippen LogP contribution in [0.4, 0.5) is 0 Å². The number of hydrogen-bond donors (Lipinski definition) is 1. The normalized spacial score (nSPS) is 10.5. The standard InChI is InChI=1S/C14H15NO2/c1-2-17-14(16)13-8-4-6-11-10(9-15)5-3-7-12(11)13/h3-8H,2,9,15H2,1H3. The van der Waals surface area contributed by atoms with E-state index in [4.69, 9.17) is 10.5 Å². The maximum absolute atomic E-state index is 11.8. The van der Waals surface area contributed by atoms with Crippen LogP contribution in [0.2, 0.25) is 0 Å². The van der Waals surface area contributed by atoms with Crippen molar-refractivity contribution in [1.29, 1.82) is 0 Å². The second kappa shape index (κ2) is 4.97. The third-order valence-corrected chi connectivity index (χ3v) is 2.73. The molecular weight excluding hydrogens is 214 g/mol. The van der Waals surface area contributed by atoms with Crippen LogP contribution >= 0.6 is 0 Å². The summed E-state index contributed by atoms with van der Waals surface area (Å²) < 4.78 is 5.04. The number of ether oxygens (including phenoxy) is 1. The Bertz CT molecular complexity index is 549. The van der Waals surface area contributed by atoms with Crippen molar-refractivity contribution in [3.05, 3.63) is 47.5 Å². The molecule has 0 bridgehead atoms. The van der Waals surface area contributed by atoms with Crippen molar-refractivity contribution in [3.63, 3.8) is 0 Å². The van der Waals surface area contributed by atoms with E-state index >= 15 is 0 Å². The van der Waals surface area contributed by atoms with Crippen molar-refractivity contribution in [2.24, 2.45) is 5.73 Å². The van der Waals surface area contributed by atoms with E-state index < -0.39 is 0 Å². The highest BCUT2D eigenvalue weighted by molar-refractivity contribution is 6.05. The van der Waals surface area contributed by atoms with Gasteiger partial charge in [0.2, 0.25) is 0 Å². The highest BCUT2D eigenvalue weighted by Crippen LogP contribution is 2.22. The molecule has 0 saturated carbocycles. The molecule has 17 heavy (non-hydrogen) atoms. The van der Waals surface area contributed by atoms with Gasteiger partial charge in [-0.25, -0.2) is 4.79 Å². The molecule has 88 valence electrons. The molecule has 2 aromatic carbocycles. The van der Waals surface area contributed by atoms with Crippen LogP contribution in [-0.2, 0) is 11.3 Å². The van der Waals surface area contributed by atoms with E-state index in [1.807, 2.05) is 30.3 Å². The SMILES string of the molecule is CCOC(=O)c1cccc2c(CN)cccc12. The van der Waals surface area contributed by atoms with E-state index in [2.05, 4.69) is 0 Å². The van der Waals surface area contributed by atoms with Gasteiger partial charge in [0.15, 0.2) is 0 Å². The quantitative estimate of drug-likeness (QED) is 0.822. The minimum absolute atomic E-state index is 0.285. The fourth-order valence-corrected chi connectivity index (χ4v) is 1.94. The molecule has 3 heteroatoms. The predicted molar refractivity (Wildman–Crippen MR) is 67.8 cm³/mol. The molecule has 0 aliphatic rings.